The van der Waals surface area contributed by atoms with Gasteiger partial charge in [0.15, 0.2) is 0 Å². The van der Waals surface area contributed by atoms with Crippen LogP contribution in [0.4, 0.5) is 0 Å². The molecule has 1 heterocycles. The summed E-state index contributed by atoms with van der Waals surface area (Å²) in [7, 11) is 0. The molecule has 0 amide bonds. The lowest BCUT2D eigenvalue weighted by Crippen LogP contribution is -2.60. The maximum atomic E-state index is 2.64. The minimum Gasteiger partial charge on any atom is -0.295 e. The molecule has 0 spiro atoms. The van der Waals surface area contributed by atoms with Crippen molar-refractivity contribution in [1.82, 2.24) is 9.80 Å². The zero-order chi connectivity index (χ0) is 14.0. The van der Waals surface area contributed by atoms with Crippen molar-refractivity contribution >= 4 is 0 Å². The highest BCUT2D eigenvalue weighted by molar-refractivity contribution is 5.15. The topological polar surface area (TPSA) is 6.48 Å². The first-order valence-electron chi connectivity index (χ1n) is 7.42. The van der Waals surface area contributed by atoms with Crippen LogP contribution in [0.1, 0.15) is 40.2 Å². The second kappa shape index (κ2) is 5.64. The van der Waals surface area contributed by atoms with E-state index in [9.17, 15) is 0 Å². The van der Waals surface area contributed by atoms with Crippen molar-refractivity contribution in [3.05, 3.63) is 35.9 Å². The summed E-state index contributed by atoms with van der Waals surface area (Å²) in [4.78, 5) is 5.25. The fourth-order valence-electron chi connectivity index (χ4n) is 3.01. The molecule has 2 nitrogen and oxygen atoms in total. The van der Waals surface area contributed by atoms with Gasteiger partial charge in [-0.2, -0.15) is 0 Å². The van der Waals surface area contributed by atoms with Gasteiger partial charge in [-0.05, 0) is 40.2 Å². The first-order chi connectivity index (χ1) is 8.88. The highest BCUT2D eigenvalue weighted by Crippen LogP contribution is 2.24. The van der Waals surface area contributed by atoms with E-state index in [1.165, 1.54) is 18.7 Å². The van der Waals surface area contributed by atoms with Crippen LogP contribution in [0.25, 0.3) is 0 Å². The minimum absolute atomic E-state index is 0.279. The molecule has 1 saturated heterocycles. The van der Waals surface area contributed by atoms with Crippen LogP contribution in [0.2, 0.25) is 0 Å². The Morgan fingerprint density at radius 3 is 2.00 bits per heavy atom. The molecule has 1 aromatic carbocycles. The molecule has 0 radical (unpaired) electrons. The lowest BCUT2D eigenvalue weighted by Gasteiger charge is -2.49. The van der Waals surface area contributed by atoms with Crippen molar-refractivity contribution in [1.29, 1.82) is 0 Å². The van der Waals surface area contributed by atoms with Gasteiger partial charge in [-0.3, -0.25) is 9.80 Å². The zero-order valence-electron chi connectivity index (χ0n) is 13.1. The van der Waals surface area contributed by atoms with E-state index in [0.717, 1.165) is 6.54 Å². The van der Waals surface area contributed by atoms with Crippen molar-refractivity contribution in [3.63, 3.8) is 0 Å². The number of benzene rings is 1. The number of nitrogens with zero attached hydrogens (tertiary/aromatic N) is 2. The van der Waals surface area contributed by atoms with Crippen LogP contribution in [0.15, 0.2) is 30.3 Å². The van der Waals surface area contributed by atoms with Crippen molar-refractivity contribution in [3.8, 4) is 0 Å². The molecule has 1 aliphatic rings. The minimum atomic E-state index is 0.279. The number of piperazine rings is 1. The number of hydrogen-bond acceptors (Lipinski definition) is 2. The first-order valence-corrected chi connectivity index (χ1v) is 7.42. The van der Waals surface area contributed by atoms with Crippen molar-refractivity contribution in [2.24, 2.45) is 0 Å². The Hall–Kier alpha value is -0.860. The average Bonchev–Trinajstić information content (AvgIpc) is 2.33. The van der Waals surface area contributed by atoms with Gasteiger partial charge >= 0.3 is 0 Å². The molecule has 1 aromatic rings. The molecule has 0 aliphatic carbocycles. The van der Waals surface area contributed by atoms with E-state index < -0.39 is 0 Å². The third-order valence-electron chi connectivity index (χ3n) is 4.26. The second-order valence-electron chi connectivity index (χ2n) is 6.93. The third-order valence-corrected chi connectivity index (χ3v) is 4.26. The number of rotatable bonds is 2. The Balaban J connectivity index is 2.04. The van der Waals surface area contributed by atoms with Crippen LogP contribution in [0, 0.1) is 0 Å². The van der Waals surface area contributed by atoms with E-state index in [4.69, 9.17) is 0 Å². The smallest absolute Gasteiger partial charge is 0.0240 e. The SMILES string of the molecule is C[C@@H]1CN(C(C)(C)C)C[C@H](C)N1Cc1ccccc1. The van der Waals surface area contributed by atoms with E-state index >= 15 is 0 Å². The van der Waals surface area contributed by atoms with Gasteiger partial charge in [0.2, 0.25) is 0 Å². The summed E-state index contributed by atoms with van der Waals surface area (Å²) < 4.78 is 0. The molecular weight excluding hydrogens is 232 g/mol. The predicted molar refractivity (Wildman–Crippen MR) is 82.2 cm³/mol. The summed E-state index contributed by atoms with van der Waals surface area (Å²) in [5.41, 5.74) is 1.70. The molecule has 0 N–H and O–H groups in total. The van der Waals surface area contributed by atoms with E-state index in [-0.39, 0.29) is 5.54 Å². The fraction of sp³-hybridized carbons (Fsp3) is 0.647. The van der Waals surface area contributed by atoms with Gasteiger partial charge in [-0.25, -0.2) is 0 Å². The first kappa shape index (κ1) is 14.5. The van der Waals surface area contributed by atoms with Gasteiger partial charge in [0, 0.05) is 37.3 Å². The van der Waals surface area contributed by atoms with E-state index in [1.807, 2.05) is 0 Å². The summed E-state index contributed by atoms with van der Waals surface area (Å²) in [5, 5.41) is 0. The molecule has 106 valence electrons. The summed E-state index contributed by atoms with van der Waals surface area (Å²) in [6.45, 7) is 15.1. The van der Waals surface area contributed by atoms with E-state index in [0.29, 0.717) is 12.1 Å². The zero-order valence-corrected chi connectivity index (χ0v) is 13.1. The average molecular weight is 260 g/mol. The Labute approximate surface area is 118 Å². The predicted octanol–water partition coefficient (Wildman–Crippen LogP) is 3.38. The van der Waals surface area contributed by atoms with Crippen LogP contribution in [-0.2, 0) is 6.54 Å². The molecule has 2 atom stereocenters. The molecule has 2 heteroatoms. The van der Waals surface area contributed by atoms with Crippen LogP contribution in [-0.4, -0.2) is 40.5 Å². The van der Waals surface area contributed by atoms with Crippen molar-refractivity contribution in [2.45, 2.75) is 58.8 Å². The monoisotopic (exact) mass is 260 g/mol. The Morgan fingerprint density at radius 2 is 1.53 bits per heavy atom. The molecule has 1 fully saturated rings. The Bertz CT molecular complexity index is 381. The molecule has 1 aliphatic heterocycles. The quantitative estimate of drug-likeness (QED) is 0.804. The molecule has 2 rings (SSSR count). The molecule has 0 unspecified atom stereocenters. The normalized spacial score (nSPS) is 26.6. The van der Waals surface area contributed by atoms with Gasteiger partial charge < -0.3 is 0 Å². The third kappa shape index (κ3) is 3.58. The molecule has 0 aromatic heterocycles. The second-order valence-corrected chi connectivity index (χ2v) is 6.93. The Morgan fingerprint density at radius 1 is 1.00 bits per heavy atom. The van der Waals surface area contributed by atoms with Gasteiger partial charge in [0.25, 0.3) is 0 Å². The highest BCUT2D eigenvalue weighted by Gasteiger charge is 2.34. The van der Waals surface area contributed by atoms with Gasteiger partial charge in [-0.15, -0.1) is 0 Å². The van der Waals surface area contributed by atoms with Gasteiger partial charge in [0.1, 0.15) is 0 Å². The molecular formula is C17H28N2. The maximum absolute atomic E-state index is 2.64. The Kier molecular flexibility index (Phi) is 4.32. The summed E-state index contributed by atoms with van der Waals surface area (Å²) in [6.07, 6.45) is 0. The molecule has 19 heavy (non-hydrogen) atoms. The van der Waals surface area contributed by atoms with Crippen LogP contribution in [0.3, 0.4) is 0 Å². The largest absolute Gasteiger partial charge is 0.295 e. The fourth-order valence-corrected chi connectivity index (χ4v) is 3.01. The van der Waals surface area contributed by atoms with Crippen LogP contribution < -0.4 is 0 Å². The lowest BCUT2D eigenvalue weighted by molar-refractivity contribution is -0.00977. The lowest BCUT2D eigenvalue weighted by atomic mass is 9.99. The molecule has 0 bridgehead atoms. The standard InChI is InChI=1S/C17H28N2/c1-14-11-18(17(3,4)5)12-15(2)19(14)13-16-9-7-6-8-10-16/h6-10,14-15H,11-13H2,1-5H3/t14-,15+. The van der Waals surface area contributed by atoms with Gasteiger partial charge in [0.05, 0.1) is 0 Å². The van der Waals surface area contributed by atoms with Gasteiger partial charge in [-0.1, -0.05) is 30.3 Å². The molecule has 0 saturated carbocycles. The van der Waals surface area contributed by atoms with Crippen molar-refractivity contribution in [2.75, 3.05) is 13.1 Å². The van der Waals surface area contributed by atoms with Crippen LogP contribution >= 0.6 is 0 Å². The van der Waals surface area contributed by atoms with Crippen molar-refractivity contribution < 1.29 is 0 Å². The highest BCUT2D eigenvalue weighted by atomic mass is 15.3. The van der Waals surface area contributed by atoms with Crippen LogP contribution in [0.5, 0.6) is 0 Å². The summed E-state index contributed by atoms with van der Waals surface area (Å²) in [5.74, 6) is 0. The number of hydrogen-bond donors (Lipinski definition) is 0. The summed E-state index contributed by atoms with van der Waals surface area (Å²) >= 11 is 0. The van der Waals surface area contributed by atoms with E-state index in [2.05, 4.69) is 74.8 Å². The summed E-state index contributed by atoms with van der Waals surface area (Å²) in [6, 6.07) is 12.1. The van der Waals surface area contributed by atoms with E-state index in [1.54, 1.807) is 0 Å². The maximum Gasteiger partial charge on any atom is 0.0240 e.